The molecule has 4 nitrogen and oxygen atoms in total. The molecule has 1 heterocycles. The van der Waals surface area contributed by atoms with Crippen LogP contribution >= 0.6 is 67.3 Å². The highest BCUT2D eigenvalue weighted by atomic mass is 79.9. The molecule has 0 fully saturated rings. The van der Waals surface area contributed by atoms with Crippen LogP contribution in [0, 0.1) is 0 Å². The van der Waals surface area contributed by atoms with Gasteiger partial charge in [0.25, 0.3) is 0 Å². The second kappa shape index (κ2) is 8.71. The molecule has 0 aliphatic rings. The van der Waals surface area contributed by atoms with Gasteiger partial charge in [-0.25, -0.2) is 0 Å². The van der Waals surface area contributed by atoms with Crippen molar-refractivity contribution < 1.29 is 0 Å². The molecule has 2 N–H and O–H groups in total. The molecule has 0 amide bonds. The lowest BCUT2D eigenvalue weighted by Gasteiger charge is -2.10. The molecule has 0 radical (unpaired) electrons. The largest absolute Gasteiger partial charge is 0.331 e. The first-order valence-corrected chi connectivity index (χ1v) is 10.2. The van der Waals surface area contributed by atoms with Gasteiger partial charge in [0.15, 0.2) is 10.9 Å². The van der Waals surface area contributed by atoms with Gasteiger partial charge in [-0.3, -0.25) is 4.68 Å². The van der Waals surface area contributed by atoms with Gasteiger partial charge in [-0.1, -0.05) is 57.3 Å². The predicted octanol–water partition coefficient (Wildman–Crippen LogP) is 6.57. The molecule has 0 saturated heterocycles. The maximum atomic E-state index is 6.21. The lowest BCUT2D eigenvalue weighted by molar-refractivity contribution is 0.690. The predicted molar refractivity (Wildman–Crippen MR) is 119 cm³/mol. The Morgan fingerprint density at radius 1 is 1.08 bits per heavy atom. The highest BCUT2D eigenvalue weighted by molar-refractivity contribution is 9.10. The summed E-state index contributed by atoms with van der Waals surface area (Å²) in [7, 11) is 0. The third-order valence-electron chi connectivity index (χ3n) is 3.42. The SMILES string of the molecule is S=C(Nc1ccc(Br)cc1Cl)Nc1nn(Cc2ccccc2Cl)cc1Br. The van der Waals surface area contributed by atoms with Gasteiger partial charge in [-0.15, -0.1) is 0 Å². The number of hydrogen-bond acceptors (Lipinski definition) is 2. The first-order valence-electron chi connectivity index (χ1n) is 7.42. The summed E-state index contributed by atoms with van der Waals surface area (Å²) < 4.78 is 3.46. The van der Waals surface area contributed by atoms with E-state index in [1.165, 1.54) is 0 Å². The second-order valence-electron chi connectivity index (χ2n) is 5.32. The normalized spacial score (nSPS) is 10.6. The minimum Gasteiger partial charge on any atom is -0.331 e. The Balaban J connectivity index is 1.69. The molecule has 0 spiro atoms. The van der Waals surface area contributed by atoms with Crippen molar-refractivity contribution in [3.05, 3.63) is 73.2 Å². The average molecular weight is 535 g/mol. The summed E-state index contributed by atoms with van der Waals surface area (Å²) in [6.07, 6.45) is 1.86. The Morgan fingerprint density at radius 2 is 1.85 bits per heavy atom. The fourth-order valence-corrected chi connectivity index (χ4v) is 3.75. The summed E-state index contributed by atoms with van der Waals surface area (Å²) in [5, 5.41) is 12.3. The third kappa shape index (κ3) is 4.98. The van der Waals surface area contributed by atoms with Gasteiger partial charge in [-0.05, 0) is 58.0 Å². The number of halogens is 4. The summed E-state index contributed by atoms with van der Waals surface area (Å²) in [6, 6.07) is 13.2. The summed E-state index contributed by atoms with van der Waals surface area (Å²) in [5.74, 6) is 0.600. The van der Waals surface area contributed by atoms with Crippen molar-refractivity contribution in [3.8, 4) is 0 Å². The van der Waals surface area contributed by atoms with Crippen LogP contribution in [0.4, 0.5) is 11.5 Å². The van der Waals surface area contributed by atoms with Gasteiger partial charge in [0.2, 0.25) is 0 Å². The first kappa shape index (κ1) is 19.6. The van der Waals surface area contributed by atoms with Crippen LogP contribution in [0.25, 0.3) is 0 Å². The van der Waals surface area contributed by atoms with E-state index < -0.39 is 0 Å². The smallest absolute Gasteiger partial charge is 0.176 e. The third-order valence-corrected chi connectivity index (χ3v) is 5.38. The summed E-state index contributed by atoms with van der Waals surface area (Å²) in [4.78, 5) is 0. The topological polar surface area (TPSA) is 41.9 Å². The Hall–Kier alpha value is -1.12. The van der Waals surface area contributed by atoms with E-state index >= 15 is 0 Å². The summed E-state index contributed by atoms with van der Waals surface area (Å²) in [6.45, 7) is 0.554. The van der Waals surface area contributed by atoms with Gasteiger partial charge in [0.1, 0.15) is 0 Å². The van der Waals surface area contributed by atoms with Gasteiger partial charge in [-0.2, -0.15) is 5.10 Å². The molecule has 3 rings (SSSR count). The zero-order chi connectivity index (χ0) is 18.7. The van der Waals surface area contributed by atoms with Crippen LogP contribution in [0.5, 0.6) is 0 Å². The summed E-state index contributed by atoms with van der Waals surface area (Å²) >= 11 is 24.6. The number of thiocarbonyl (C=S) groups is 1. The molecule has 2 aromatic carbocycles. The van der Waals surface area contributed by atoms with E-state index in [9.17, 15) is 0 Å². The van der Waals surface area contributed by atoms with E-state index in [1.54, 1.807) is 10.7 Å². The van der Waals surface area contributed by atoms with Crippen molar-refractivity contribution in [2.45, 2.75) is 6.54 Å². The Bertz CT molecular complexity index is 962. The molecule has 0 unspecified atom stereocenters. The molecule has 0 saturated carbocycles. The van der Waals surface area contributed by atoms with Crippen molar-refractivity contribution in [3.63, 3.8) is 0 Å². The number of nitrogens with one attached hydrogen (secondary N) is 2. The van der Waals surface area contributed by atoms with Gasteiger partial charge in [0.05, 0.1) is 21.7 Å². The molecule has 134 valence electrons. The average Bonchev–Trinajstić information content (AvgIpc) is 2.92. The van der Waals surface area contributed by atoms with Crippen LogP contribution in [-0.2, 0) is 6.54 Å². The quantitative estimate of drug-likeness (QED) is 0.371. The van der Waals surface area contributed by atoms with Crippen molar-refractivity contribution in [1.82, 2.24) is 9.78 Å². The Morgan fingerprint density at radius 3 is 2.58 bits per heavy atom. The summed E-state index contributed by atoms with van der Waals surface area (Å²) in [5.41, 5.74) is 1.69. The zero-order valence-corrected chi connectivity index (χ0v) is 18.6. The molecule has 0 aliphatic carbocycles. The molecule has 0 atom stereocenters. The monoisotopic (exact) mass is 532 g/mol. The van der Waals surface area contributed by atoms with Crippen molar-refractivity contribution in [2.75, 3.05) is 10.6 Å². The standard InChI is InChI=1S/C17H12Br2Cl2N4S/c18-11-5-6-15(14(21)7-11)22-17(26)23-16-12(19)9-25(24-16)8-10-3-1-2-4-13(10)20/h1-7,9H,8H2,(H2,22,23,24,26). The van der Waals surface area contributed by atoms with Crippen molar-refractivity contribution in [1.29, 1.82) is 0 Å². The van der Waals surface area contributed by atoms with E-state index in [4.69, 9.17) is 35.4 Å². The van der Waals surface area contributed by atoms with Crippen molar-refractivity contribution >= 4 is 83.9 Å². The van der Waals surface area contributed by atoms with Crippen molar-refractivity contribution in [2.24, 2.45) is 0 Å². The van der Waals surface area contributed by atoms with E-state index in [2.05, 4.69) is 47.6 Å². The minimum absolute atomic E-state index is 0.387. The Labute approximate surface area is 183 Å². The molecule has 0 bridgehead atoms. The first-order chi connectivity index (χ1) is 12.4. The maximum Gasteiger partial charge on any atom is 0.176 e. The van der Waals surface area contributed by atoms with Crippen LogP contribution in [0.2, 0.25) is 10.0 Å². The van der Waals surface area contributed by atoms with Crippen LogP contribution in [-0.4, -0.2) is 14.9 Å². The van der Waals surface area contributed by atoms with E-state index in [0.29, 0.717) is 33.2 Å². The van der Waals surface area contributed by atoms with Crippen LogP contribution in [0.1, 0.15) is 5.56 Å². The second-order valence-corrected chi connectivity index (χ2v) is 8.31. The molecule has 1 aromatic heterocycles. The van der Waals surface area contributed by atoms with E-state index in [0.717, 1.165) is 14.5 Å². The number of nitrogens with zero attached hydrogens (tertiary/aromatic N) is 2. The minimum atomic E-state index is 0.387. The fourth-order valence-electron chi connectivity index (χ4n) is 2.22. The molecule has 26 heavy (non-hydrogen) atoms. The Kier molecular flexibility index (Phi) is 6.58. The lowest BCUT2D eigenvalue weighted by atomic mass is 10.2. The molecule has 3 aromatic rings. The van der Waals surface area contributed by atoms with E-state index in [1.807, 2.05) is 42.6 Å². The highest BCUT2D eigenvalue weighted by Gasteiger charge is 2.11. The number of aromatic nitrogens is 2. The zero-order valence-electron chi connectivity index (χ0n) is 13.1. The van der Waals surface area contributed by atoms with Crippen LogP contribution < -0.4 is 10.6 Å². The number of anilines is 2. The van der Waals surface area contributed by atoms with E-state index in [-0.39, 0.29) is 0 Å². The lowest BCUT2D eigenvalue weighted by Crippen LogP contribution is -2.20. The van der Waals surface area contributed by atoms with Gasteiger partial charge in [0, 0.05) is 15.7 Å². The molecule has 9 heteroatoms. The van der Waals surface area contributed by atoms with Crippen LogP contribution in [0.15, 0.2) is 57.6 Å². The molecular weight excluding hydrogens is 523 g/mol. The highest BCUT2D eigenvalue weighted by Crippen LogP contribution is 2.27. The van der Waals surface area contributed by atoms with Gasteiger partial charge >= 0.3 is 0 Å². The molecule has 0 aliphatic heterocycles. The fraction of sp³-hybridized carbons (Fsp3) is 0.0588. The number of benzene rings is 2. The van der Waals surface area contributed by atoms with Gasteiger partial charge < -0.3 is 10.6 Å². The van der Waals surface area contributed by atoms with Crippen LogP contribution in [0.3, 0.4) is 0 Å². The number of hydrogen-bond donors (Lipinski definition) is 2. The number of rotatable bonds is 4. The maximum absolute atomic E-state index is 6.21. The molecular formula is C17H12Br2Cl2N4S.